The number of urea groups is 1. The van der Waals surface area contributed by atoms with Crippen molar-refractivity contribution in [1.29, 1.82) is 0 Å². The second-order valence-electron chi connectivity index (χ2n) is 9.86. The molecule has 0 bridgehead atoms. The Balaban J connectivity index is 1.74. The van der Waals surface area contributed by atoms with Gasteiger partial charge in [0.2, 0.25) is 6.17 Å². The molecule has 0 spiro atoms. The molecule has 10 heteroatoms. The fourth-order valence-corrected chi connectivity index (χ4v) is 4.63. The SMILES string of the molecule is CCCC(C)(CO)C(=O)CN1C(=O)C(NC(=O)Nc2cccc(NC)c2)N=C(c2ccccn2)c2ccccc21. The summed E-state index contributed by atoms with van der Waals surface area (Å²) in [4.78, 5) is 51.0. The van der Waals surface area contributed by atoms with Crippen molar-refractivity contribution in [3.05, 3.63) is 84.2 Å². The molecule has 2 aromatic carbocycles. The van der Waals surface area contributed by atoms with Crippen LogP contribution >= 0.6 is 0 Å². The topological polar surface area (TPSA) is 136 Å². The van der Waals surface area contributed by atoms with Gasteiger partial charge >= 0.3 is 6.03 Å². The largest absolute Gasteiger partial charge is 0.395 e. The number of aliphatic imine (C=N–C) groups is 1. The summed E-state index contributed by atoms with van der Waals surface area (Å²) in [5.41, 5.74) is 2.28. The van der Waals surface area contributed by atoms with Crippen molar-refractivity contribution in [1.82, 2.24) is 10.3 Å². The standard InChI is InChI=1S/C30H34N6O4/c1-4-15-30(2,19-37)25(38)18-36-24-14-6-5-12-22(24)26(23-13-7-8-16-32-23)34-27(28(36)39)35-29(40)33-21-11-9-10-20(17-21)31-3/h5-14,16-17,27,31,37H,4,15,18-19H2,1-3H3,(H2,33,35,40). The first kappa shape index (κ1) is 28.4. The van der Waals surface area contributed by atoms with Gasteiger partial charge in [-0.25, -0.2) is 9.79 Å². The normalized spacial score (nSPS) is 16.2. The maximum absolute atomic E-state index is 14.0. The van der Waals surface area contributed by atoms with Crippen LogP contribution in [0.2, 0.25) is 0 Å². The Labute approximate surface area is 233 Å². The average molecular weight is 543 g/mol. The number of aliphatic hydroxyl groups excluding tert-OH is 1. The fourth-order valence-electron chi connectivity index (χ4n) is 4.63. The summed E-state index contributed by atoms with van der Waals surface area (Å²) in [5.74, 6) is -0.865. The molecule has 3 aromatic rings. The Kier molecular flexibility index (Phi) is 8.90. The van der Waals surface area contributed by atoms with Gasteiger partial charge < -0.3 is 26.0 Å². The summed E-state index contributed by atoms with van der Waals surface area (Å²) < 4.78 is 0. The van der Waals surface area contributed by atoms with Gasteiger partial charge in [0.05, 0.1) is 35.7 Å². The number of hydrogen-bond acceptors (Lipinski definition) is 7. The summed E-state index contributed by atoms with van der Waals surface area (Å²) in [6.07, 6.45) is 1.43. The van der Waals surface area contributed by atoms with Gasteiger partial charge in [0.15, 0.2) is 5.78 Å². The van der Waals surface area contributed by atoms with Crippen LogP contribution < -0.4 is 20.9 Å². The lowest BCUT2D eigenvalue weighted by atomic mass is 9.81. The van der Waals surface area contributed by atoms with Crippen LogP contribution in [0.15, 0.2) is 77.9 Å². The van der Waals surface area contributed by atoms with Crippen LogP contribution in [0.25, 0.3) is 0 Å². The number of carbonyl (C=O) groups is 3. The van der Waals surface area contributed by atoms with Gasteiger partial charge in [-0.05, 0) is 42.8 Å². The smallest absolute Gasteiger partial charge is 0.321 e. The Morgan fingerprint density at radius 3 is 2.50 bits per heavy atom. The number of pyridine rings is 1. The van der Waals surface area contributed by atoms with Crippen LogP contribution in [0.1, 0.15) is 37.9 Å². The first-order valence-corrected chi connectivity index (χ1v) is 13.2. The van der Waals surface area contributed by atoms with Crippen LogP contribution in [0.4, 0.5) is 21.9 Å². The van der Waals surface area contributed by atoms with Crippen molar-refractivity contribution in [3.63, 3.8) is 0 Å². The van der Waals surface area contributed by atoms with E-state index in [1.807, 2.05) is 25.1 Å². The third-order valence-electron chi connectivity index (χ3n) is 6.92. The molecule has 2 atom stereocenters. The van der Waals surface area contributed by atoms with Crippen LogP contribution in [-0.4, -0.2) is 59.9 Å². The van der Waals surface area contributed by atoms with Gasteiger partial charge in [0, 0.05) is 30.2 Å². The highest BCUT2D eigenvalue weighted by molar-refractivity contribution is 6.20. The molecule has 40 heavy (non-hydrogen) atoms. The minimum atomic E-state index is -1.35. The number of aromatic nitrogens is 1. The lowest BCUT2D eigenvalue weighted by Crippen LogP contribution is -2.51. The molecule has 0 fully saturated rings. The number of nitrogens with one attached hydrogen (secondary N) is 3. The Morgan fingerprint density at radius 2 is 1.80 bits per heavy atom. The van der Waals surface area contributed by atoms with E-state index in [2.05, 4.69) is 25.9 Å². The highest BCUT2D eigenvalue weighted by Gasteiger charge is 2.38. The van der Waals surface area contributed by atoms with Crippen LogP contribution in [0.5, 0.6) is 0 Å². The third kappa shape index (κ3) is 6.18. The third-order valence-corrected chi connectivity index (χ3v) is 6.92. The molecule has 0 radical (unpaired) electrons. The minimum absolute atomic E-state index is 0.284. The number of benzene rings is 2. The molecule has 1 aliphatic heterocycles. The molecule has 1 aromatic heterocycles. The predicted molar refractivity (Wildman–Crippen MR) is 156 cm³/mol. The molecular formula is C30H34N6O4. The zero-order valence-corrected chi connectivity index (χ0v) is 22.8. The van der Waals surface area contributed by atoms with E-state index in [4.69, 9.17) is 0 Å². The fraction of sp³-hybridized carbons (Fsp3) is 0.300. The Morgan fingerprint density at radius 1 is 1.05 bits per heavy atom. The van der Waals surface area contributed by atoms with Crippen LogP contribution in [-0.2, 0) is 9.59 Å². The van der Waals surface area contributed by atoms with E-state index in [-0.39, 0.29) is 18.9 Å². The van der Waals surface area contributed by atoms with E-state index in [0.29, 0.717) is 41.2 Å². The van der Waals surface area contributed by atoms with E-state index in [1.165, 1.54) is 4.90 Å². The summed E-state index contributed by atoms with van der Waals surface area (Å²) in [5, 5.41) is 18.5. The van der Waals surface area contributed by atoms with Crippen molar-refractivity contribution in [2.75, 3.05) is 35.7 Å². The van der Waals surface area contributed by atoms with E-state index < -0.39 is 23.5 Å². The van der Waals surface area contributed by atoms with Gasteiger partial charge in [0.1, 0.15) is 0 Å². The molecule has 0 saturated heterocycles. The lowest BCUT2D eigenvalue weighted by molar-refractivity contribution is -0.131. The number of Topliss-reactive ketones (excluding diaryl/α,β-unsaturated/α-hetero) is 1. The highest BCUT2D eigenvalue weighted by atomic mass is 16.3. The number of amides is 3. The van der Waals surface area contributed by atoms with Crippen molar-refractivity contribution >= 4 is 40.5 Å². The monoisotopic (exact) mass is 542 g/mol. The van der Waals surface area contributed by atoms with Crippen LogP contribution in [0, 0.1) is 5.41 Å². The van der Waals surface area contributed by atoms with Crippen LogP contribution in [0.3, 0.4) is 0 Å². The number of hydrogen-bond donors (Lipinski definition) is 4. The molecule has 2 unspecified atom stereocenters. The first-order chi connectivity index (χ1) is 19.3. The van der Waals surface area contributed by atoms with E-state index in [0.717, 1.165) is 5.69 Å². The molecule has 2 heterocycles. The molecule has 208 valence electrons. The Hall–Kier alpha value is -4.57. The van der Waals surface area contributed by atoms with E-state index in [1.54, 1.807) is 68.7 Å². The van der Waals surface area contributed by atoms with Gasteiger partial charge in [0.25, 0.3) is 5.91 Å². The molecule has 10 nitrogen and oxygen atoms in total. The number of benzodiazepines with no additional fused rings is 1. The molecule has 1 aliphatic rings. The minimum Gasteiger partial charge on any atom is -0.395 e. The van der Waals surface area contributed by atoms with Crippen molar-refractivity contribution in [2.45, 2.75) is 32.9 Å². The summed E-state index contributed by atoms with van der Waals surface area (Å²) >= 11 is 0. The number of carbonyl (C=O) groups excluding carboxylic acids is 3. The zero-order chi connectivity index (χ0) is 28.7. The molecular weight excluding hydrogens is 508 g/mol. The number of para-hydroxylation sites is 1. The lowest BCUT2D eigenvalue weighted by Gasteiger charge is -2.30. The van der Waals surface area contributed by atoms with Gasteiger partial charge in [-0.2, -0.15) is 0 Å². The molecule has 0 aliphatic carbocycles. The van der Waals surface area contributed by atoms with Crippen molar-refractivity contribution in [2.24, 2.45) is 10.4 Å². The molecule has 4 rings (SSSR count). The second kappa shape index (κ2) is 12.5. The first-order valence-electron chi connectivity index (χ1n) is 13.2. The predicted octanol–water partition coefficient (Wildman–Crippen LogP) is 3.82. The van der Waals surface area contributed by atoms with Gasteiger partial charge in [-0.15, -0.1) is 0 Å². The zero-order valence-electron chi connectivity index (χ0n) is 22.8. The van der Waals surface area contributed by atoms with Gasteiger partial charge in [-0.3, -0.25) is 14.6 Å². The van der Waals surface area contributed by atoms with Gasteiger partial charge in [-0.1, -0.05) is 50.6 Å². The second-order valence-corrected chi connectivity index (χ2v) is 9.86. The number of rotatable bonds is 10. The number of nitrogens with zero attached hydrogens (tertiary/aromatic N) is 3. The highest BCUT2D eigenvalue weighted by Crippen LogP contribution is 2.30. The van der Waals surface area contributed by atoms with Crippen molar-refractivity contribution < 1.29 is 19.5 Å². The number of aliphatic hydroxyl groups is 1. The maximum Gasteiger partial charge on any atom is 0.321 e. The maximum atomic E-state index is 14.0. The molecule has 3 amide bonds. The average Bonchev–Trinajstić information content (AvgIpc) is 3.08. The summed E-state index contributed by atoms with van der Waals surface area (Å²) in [7, 11) is 1.77. The summed E-state index contributed by atoms with van der Waals surface area (Å²) in [6.45, 7) is 3.01. The number of fused-ring (bicyclic) bond motifs is 1. The number of ketones is 1. The molecule has 0 saturated carbocycles. The Bertz CT molecular complexity index is 1410. The summed E-state index contributed by atoms with van der Waals surface area (Å²) in [6, 6.07) is 18.9. The molecule has 4 N–H and O–H groups in total. The quantitative estimate of drug-likeness (QED) is 0.308. The van der Waals surface area contributed by atoms with E-state index in [9.17, 15) is 19.5 Å². The van der Waals surface area contributed by atoms with Crippen molar-refractivity contribution in [3.8, 4) is 0 Å². The number of anilines is 3. The van der Waals surface area contributed by atoms with E-state index >= 15 is 0 Å².